The molecule has 0 saturated carbocycles. The molecule has 2 aliphatic heterocycles. The number of fused-ring (bicyclic) bond motifs is 1. The highest BCUT2D eigenvalue weighted by Gasteiger charge is 2.59. The van der Waals surface area contributed by atoms with Crippen LogP contribution in [0, 0.1) is 0 Å². The van der Waals surface area contributed by atoms with Crippen molar-refractivity contribution < 1.29 is 19.7 Å². The fourth-order valence-electron chi connectivity index (χ4n) is 4.69. The minimum absolute atomic E-state index is 0.294. The van der Waals surface area contributed by atoms with Gasteiger partial charge in [0.25, 0.3) is 5.56 Å². The number of benzene rings is 1. The first-order chi connectivity index (χ1) is 15.0. The van der Waals surface area contributed by atoms with Crippen molar-refractivity contribution in [3.63, 3.8) is 0 Å². The summed E-state index contributed by atoms with van der Waals surface area (Å²) in [6, 6.07) is 7.53. The highest BCUT2D eigenvalue weighted by atomic mass is 16.6. The topological polar surface area (TPSA) is 114 Å². The molecule has 0 unspecified atom stereocenters. The Morgan fingerprint density at radius 1 is 1.19 bits per heavy atom. The Morgan fingerprint density at radius 3 is 2.77 bits per heavy atom. The van der Waals surface area contributed by atoms with Crippen LogP contribution in [0.3, 0.4) is 0 Å². The zero-order valence-corrected chi connectivity index (χ0v) is 17.8. The highest BCUT2D eigenvalue weighted by Crippen LogP contribution is 2.44. The Kier molecular flexibility index (Phi) is 6.43. The van der Waals surface area contributed by atoms with Crippen molar-refractivity contribution in [3.05, 3.63) is 68.0 Å². The monoisotopic (exact) mass is 430 g/mol. The maximum atomic E-state index is 12.2. The van der Waals surface area contributed by atoms with Gasteiger partial charge in [-0.1, -0.05) is 44.4 Å². The summed E-state index contributed by atoms with van der Waals surface area (Å²) in [6.45, 7) is 2.13. The SMILES string of the molecule is CCCCCCc1ccc2c(c1)CO[C@]1(C2)[C@@H](CO)O[C@@H](n2ccc(=O)[nH]c2=O)[C@@H]1O. The van der Waals surface area contributed by atoms with E-state index < -0.39 is 35.3 Å². The number of aromatic amines is 1. The van der Waals surface area contributed by atoms with Gasteiger partial charge in [0.2, 0.25) is 0 Å². The Hall–Kier alpha value is -2.26. The van der Waals surface area contributed by atoms with Crippen LogP contribution in [0.25, 0.3) is 0 Å². The van der Waals surface area contributed by atoms with Crippen molar-refractivity contribution in [2.75, 3.05) is 6.61 Å². The largest absolute Gasteiger partial charge is 0.394 e. The van der Waals surface area contributed by atoms with Gasteiger partial charge in [0.15, 0.2) is 6.23 Å². The van der Waals surface area contributed by atoms with E-state index in [1.54, 1.807) is 0 Å². The van der Waals surface area contributed by atoms with E-state index in [9.17, 15) is 19.8 Å². The summed E-state index contributed by atoms with van der Waals surface area (Å²) in [5.74, 6) is 0. The molecule has 2 aliphatic rings. The zero-order chi connectivity index (χ0) is 22.0. The Bertz CT molecular complexity index is 1030. The van der Waals surface area contributed by atoms with E-state index in [2.05, 4.69) is 30.1 Å². The zero-order valence-electron chi connectivity index (χ0n) is 17.8. The van der Waals surface area contributed by atoms with Crippen LogP contribution >= 0.6 is 0 Å². The first-order valence-corrected chi connectivity index (χ1v) is 11.0. The normalized spacial score (nSPS) is 27.5. The van der Waals surface area contributed by atoms with Crippen molar-refractivity contribution in [1.82, 2.24) is 9.55 Å². The molecule has 168 valence electrons. The van der Waals surface area contributed by atoms with E-state index in [4.69, 9.17) is 9.47 Å². The lowest BCUT2D eigenvalue weighted by molar-refractivity contribution is -0.152. The van der Waals surface area contributed by atoms with E-state index in [1.807, 2.05) is 0 Å². The predicted molar refractivity (Wildman–Crippen MR) is 114 cm³/mol. The van der Waals surface area contributed by atoms with Crippen molar-refractivity contribution in [2.24, 2.45) is 0 Å². The van der Waals surface area contributed by atoms with Gasteiger partial charge in [-0.25, -0.2) is 4.79 Å². The molecule has 3 heterocycles. The first kappa shape index (κ1) is 22.0. The average molecular weight is 431 g/mol. The van der Waals surface area contributed by atoms with Crippen LogP contribution < -0.4 is 11.2 Å². The molecule has 8 nitrogen and oxygen atoms in total. The molecule has 1 fully saturated rings. The molecule has 8 heteroatoms. The minimum Gasteiger partial charge on any atom is -0.394 e. The number of hydrogen-bond acceptors (Lipinski definition) is 6. The van der Waals surface area contributed by atoms with Crippen LogP contribution in [0.5, 0.6) is 0 Å². The van der Waals surface area contributed by atoms with Crippen LogP contribution in [-0.4, -0.2) is 44.2 Å². The quantitative estimate of drug-likeness (QED) is 0.573. The van der Waals surface area contributed by atoms with E-state index >= 15 is 0 Å². The molecule has 3 N–H and O–H groups in total. The molecule has 1 aromatic heterocycles. The number of rotatable bonds is 7. The second-order valence-corrected chi connectivity index (χ2v) is 8.49. The van der Waals surface area contributed by atoms with Gasteiger partial charge in [-0.05, 0) is 29.5 Å². The number of aliphatic hydroxyl groups excluding tert-OH is 2. The van der Waals surface area contributed by atoms with E-state index in [1.165, 1.54) is 37.1 Å². The highest BCUT2D eigenvalue weighted by molar-refractivity contribution is 5.36. The number of nitrogens with one attached hydrogen (secondary N) is 1. The van der Waals surface area contributed by atoms with Gasteiger partial charge in [0.1, 0.15) is 17.8 Å². The van der Waals surface area contributed by atoms with Gasteiger partial charge in [-0.2, -0.15) is 0 Å². The van der Waals surface area contributed by atoms with E-state index in [0.717, 1.165) is 28.5 Å². The fraction of sp³-hybridized carbons (Fsp3) is 0.565. The van der Waals surface area contributed by atoms with Crippen molar-refractivity contribution in [2.45, 2.75) is 76.1 Å². The molecule has 4 rings (SSSR count). The summed E-state index contributed by atoms with van der Waals surface area (Å²) < 4.78 is 13.1. The molecule has 1 aromatic carbocycles. The van der Waals surface area contributed by atoms with Gasteiger partial charge in [-0.3, -0.25) is 14.3 Å². The number of nitrogens with zero attached hydrogens (tertiary/aromatic N) is 1. The lowest BCUT2D eigenvalue weighted by atomic mass is 9.81. The fourth-order valence-corrected chi connectivity index (χ4v) is 4.69. The van der Waals surface area contributed by atoms with Crippen LogP contribution in [0.1, 0.15) is 55.5 Å². The van der Waals surface area contributed by atoms with Gasteiger partial charge >= 0.3 is 5.69 Å². The molecule has 1 saturated heterocycles. The van der Waals surface area contributed by atoms with Gasteiger partial charge < -0.3 is 19.7 Å². The van der Waals surface area contributed by atoms with Crippen molar-refractivity contribution >= 4 is 0 Å². The Balaban J connectivity index is 1.56. The lowest BCUT2D eigenvalue weighted by Crippen LogP contribution is -2.55. The number of H-pyrrole nitrogens is 1. The summed E-state index contributed by atoms with van der Waals surface area (Å²) in [5.41, 5.74) is 0.995. The van der Waals surface area contributed by atoms with E-state index in [0.29, 0.717) is 13.0 Å². The van der Waals surface area contributed by atoms with Gasteiger partial charge in [0.05, 0.1) is 13.2 Å². The van der Waals surface area contributed by atoms with Gasteiger partial charge in [-0.15, -0.1) is 0 Å². The molecular formula is C23H30N2O6. The summed E-state index contributed by atoms with van der Waals surface area (Å²) in [7, 11) is 0. The molecule has 0 bridgehead atoms. The molecule has 2 aromatic rings. The maximum Gasteiger partial charge on any atom is 0.330 e. The third-order valence-corrected chi connectivity index (χ3v) is 6.46. The van der Waals surface area contributed by atoms with Crippen molar-refractivity contribution in [1.29, 1.82) is 0 Å². The number of unbranched alkanes of at least 4 members (excludes halogenated alkanes) is 3. The second-order valence-electron chi connectivity index (χ2n) is 8.49. The molecule has 1 spiro atoms. The third kappa shape index (κ3) is 4.13. The number of hydrogen-bond donors (Lipinski definition) is 3. The van der Waals surface area contributed by atoms with Crippen LogP contribution in [0.15, 0.2) is 40.1 Å². The molecular weight excluding hydrogens is 400 g/mol. The summed E-state index contributed by atoms with van der Waals surface area (Å²) in [4.78, 5) is 25.8. The van der Waals surface area contributed by atoms with E-state index in [-0.39, 0.29) is 6.61 Å². The second kappa shape index (κ2) is 9.08. The number of ether oxygens (including phenoxy) is 2. The number of aliphatic hydroxyl groups is 2. The Morgan fingerprint density at radius 2 is 2.03 bits per heavy atom. The van der Waals surface area contributed by atoms with Crippen LogP contribution in [0.4, 0.5) is 0 Å². The van der Waals surface area contributed by atoms with Gasteiger partial charge in [0, 0.05) is 18.7 Å². The number of aromatic nitrogens is 2. The van der Waals surface area contributed by atoms with Crippen LogP contribution in [-0.2, 0) is 28.9 Å². The number of aryl methyl sites for hydroxylation is 1. The maximum absolute atomic E-state index is 12.2. The molecule has 0 aliphatic carbocycles. The average Bonchev–Trinajstić information content (AvgIpc) is 3.02. The standard InChI is InChI=1S/C23H30N2O6/c1-2-3-4-5-6-15-7-8-16-12-23(30-14-17(16)11-15)18(13-26)31-21(20(23)28)25-10-9-19(27)24-22(25)29/h7-11,18,20-21,26,28H,2-6,12-14H2,1H3,(H,24,27,29)/t18-,20+,21-,23-/m1/s1. The smallest absolute Gasteiger partial charge is 0.330 e. The molecule has 0 radical (unpaired) electrons. The summed E-state index contributed by atoms with van der Waals surface area (Å²) in [5, 5.41) is 21.1. The molecule has 31 heavy (non-hydrogen) atoms. The minimum atomic E-state index is -1.20. The predicted octanol–water partition coefficient (Wildman–Crippen LogP) is 1.42. The van der Waals surface area contributed by atoms with Crippen molar-refractivity contribution in [3.8, 4) is 0 Å². The summed E-state index contributed by atoms with van der Waals surface area (Å²) >= 11 is 0. The third-order valence-electron chi connectivity index (χ3n) is 6.46. The summed E-state index contributed by atoms with van der Waals surface area (Å²) in [6.07, 6.45) is 4.43. The first-order valence-electron chi connectivity index (χ1n) is 11.0. The van der Waals surface area contributed by atoms with Crippen LogP contribution in [0.2, 0.25) is 0 Å². The lowest BCUT2D eigenvalue weighted by Gasteiger charge is -2.40. The Labute approximate surface area is 180 Å². The molecule has 4 atom stereocenters. The molecule has 0 amide bonds.